The lowest BCUT2D eigenvalue weighted by Gasteiger charge is -2.13. The number of ether oxygens (including phenoxy) is 1. The first-order valence-electron chi connectivity index (χ1n) is 4.80. The predicted octanol–water partition coefficient (Wildman–Crippen LogP) is 2.28. The van der Waals surface area contributed by atoms with Gasteiger partial charge in [-0.2, -0.15) is 0 Å². The van der Waals surface area contributed by atoms with Crippen LogP contribution in [0.15, 0.2) is 18.2 Å². The van der Waals surface area contributed by atoms with Gasteiger partial charge in [0.15, 0.2) is 0 Å². The zero-order chi connectivity index (χ0) is 12.1. The lowest BCUT2D eigenvalue weighted by molar-refractivity contribution is -0.145. The van der Waals surface area contributed by atoms with E-state index in [0.29, 0.717) is 16.5 Å². The molecule has 0 saturated heterocycles. The van der Waals surface area contributed by atoms with E-state index in [2.05, 4.69) is 4.74 Å². The Morgan fingerprint density at radius 1 is 1.50 bits per heavy atom. The highest BCUT2D eigenvalue weighted by molar-refractivity contribution is 6.35. The Morgan fingerprint density at radius 2 is 2.19 bits per heavy atom. The molecule has 0 fully saturated rings. The zero-order valence-corrected chi connectivity index (χ0v) is 10.4. The van der Waals surface area contributed by atoms with Gasteiger partial charge in [0.05, 0.1) is 13.0 Å². The number of carbonyl (C=O) groups excluding carboxylic acids is 1. The van der Waals surface area contributed by atoms with Crippen LogP contribution >= 0.6 is 23.2 Å². The van der Waals surface area contributed by atoms with Gasteiger partial charge in [-0.05, 0) is 24.1 Å². The van der Waals surface area contributed by atoms with Crippen LogP contribution in [-0.2, 0) is 16.0 Å². The summed E-state index contributed by atoms with van der Waals surface area (Å²) in [5.74, 6) is -0.697. The van der Waals surface area contributed by atoms with Crippen molar-refractivity contribution in [3.05, 3.63) is 33.8 Å². The molecule has 3 nitrogen and oxygen atoms in total. The number of hydrogen-bond acceptors (Lipinski definition) is 3. The van der Waals surface area contributed by atoms with Crippen molar-refractivity contribution >= 4 is 29.2 Å². The molecule has 1 aromatic rings. The minimum atomic E-state index is -0.372. The third-order valence-corrected chi connectivity index (χ3v) is 2.89. The Labute approximate surface area is 104 Å². The second-order valence-electron chi connectivity index (χ2n) is 3.40. The average molecular weight is 262 g/mol. The fraction of sp³-hybridized carbons (Fsp3) is 0.364. The van der Waals surface area contributed by atoms with Crippen LogP contribution < -0.4 is 5.73 Å². The molecule has 0 amide bonds. The largest absolute Gasteiger partial charge is 0.469 e. The van der Waals surface area contributed by atoms with Crippen LogP contribution in [0.5, 0.6) is 0 Å². The Morgan fingerprint density at radius 3 is 2.69 bits per heavy atom. The predicted molar refractivity (Wildman–Crippen MR) is 64.7 cm³/mol. The van der Waals surface area contributed by atoms with E-state index in [1.165, 1.54) is 7.11 Å². The first kappa shape index (κ1) is 13.3. The molecule has 0 spiro atoms. The molecule has 0 aliphatic heterocycles. The van der Waals surface area contributed by atoms with Crippen LogP contribution in [0.3, 0.4) is 0 Å². The second-order valence-corrected chi connectivity index (χ2v) is 4.24. The summed E-state index contributed by atoms with van der Waals surface area (Å²) in [6.45, 7) is 0.228. The summed E-state index contributed by atoms with van der Waals surface area (Å²) >= 11 is 11.8. The van der Waals surface area contributed by atoms with Crippen LogP contribution in [0.25, 0.3) is 0 Å². The van der Waals surface area contributed by atoms with Crippen molar-refractivity contribution < 1.29 is 9.53 Å². The zero-order valence-electron chi connectivity index (χ0n) is 8.87. The number of esters is 1. The van der Waals surface area contributed by atoms with Gasteiger partial charge >= 0.3 is 5.97 Å². The van der Waals surface area contributed by atoms with Gasteiger partial charge in [-0.15, -0.1) is 0 Å². The fourth-order valence-corrected chi connectivity index (χ4v) is 1.87. The molecule has 0 radical (unpaired) electrons. The van der Waals surface area contributed by atoms with Gasteiger partial charge < -0.3 is 10.5 Å². The number of benzene rings is 1. The van der Waals surface area contributed by atoms with E-state index in [4.69, 9.17) is 28.9 Å². The molecule has 0 aromatic heterocycles. The molecule has 1 aromatic carbocycles. The van der Waals surface area contributed by atoms with E-state index in [-0.39, 0.29) is 18.4 Å². The normalized spacial score (nSPS) is 12.2. The lowest BCUT2D eigenvalue weighted by Crippen LogP contribution is -2.26. The molecule has 0 saturated carbocycles. The number of nitrogens with two attached hydrogens (primary N) is 1. The highest BCUT2D eigenvalue weighted by Gasteiger charge is 2.19. The summed E-state index contributed by atoms with van der Waals surface area (Å²) in [6, 6.07) is 5.16. The molecule has 5 heteroatoms. The first-order chi connectivity index (χ1) is 7.58. The van der Waals surface area contributed by atoms with E-state index in [1.807, 2.05) is 0 Å². The van der Waals surface area contributed by atoms with Gasteiger partial charge in [0.2, 0.25) is 0 Å². The number of halogens is 2. The van der Waals surface area contributed by atoms with E-state index < -0.39 is 0 Å². The van der Waals surface area contributed by atoms with E-state index in [0.717, 1.165) is 5.56 Å². The summed E-state index contributed by atoms with van der Waals surface area (Å²) in [6.07, 6.45) is 0.458. The minimum absolute atomic E-state index is 0.228. The van der Waals surface area contributed by atoms with Crippen LogP contribution in [-0.4, -0.2) is 19.6 Å². The SMILES string of the molecule is COC(=O)[C@@H](CN)Cc1ccc(Cl)cc1Cl. The van der Waals surface area contributed by atoms with Crippen molar-refractivity contribution in [2.45, 2.75) is 6.42 Å². The molecule has 0 heterocycles. The summed E-state index contributed by atoms with van der Waals surface area (Å²) in [7, 11) is 1.34. The number of rotatable bonds is 4. The third-order valence-electron chi connectivity index (χ3n) is 2.30. The fourth-order valence-electron chi connectivity index (χ4n) is 1.38. The van der Waals surface area contributed by atoms with Crippen LogP contribution in [0.4, 0.5) is 0 Å². The molecular weight excluding hydrogens is 249 g/mol. The molecule has 0 unspecified atom stereocenters. The van der Waals surface area contributed by atoms with Gasteiger partial charge in [0.25, 0.3) is 0 Å². The summed E-state index contributed by atoms with van der Waals surface area (Å²) in [5.41, 5.74) is 6.35. The van der Waals surface area contributed by atoms with E-state index in [1.54, 1.807) is 18.2 Å². The van der Waals surface area contributed by atoms with Gasteiger partial charge in [0, 0.05) is 16.6 Å². The average Bonchev–Trinajstić information content (AvgIpc) is 2.27. The maximum atomic E-state index is 11.4. The minimum Gasteiger partial charge on any atom is -0.469 e. The van der Waals surface area contributed by atoms with Gasteiger partial charge in [-0.1, -0.05) is 29.3 Å². The highest BCUT2D eigenvalue weighted by atomic mass is 35.5. The summed E-state index contributed by atoms with van der Waals surface area (Å²) in [5, 5.41) is 1.10. The molecular formula is C11H13Cl2NO2. The highest BCUT2D eigenvalue weighted by Crippen LogP contribution is 2.23. The molecule has 1 atom stereocenters. The number of methoxy groups -OCH3 is 1. The van der Waals surface area contributed by atoms with Crippen molar-refractivity contribution in [1.29, 1.82) is 0 Å². The molecule has 1 rings (SSSR count). The topological polar surface area (TPSA) is 52.3 Å². The van der Waals surface area contributed by atoms with Gasteiger partial charge in [-0.3, -0.25) is 4.79 Å². The van der Waals surface area contributed by atoms with E-state index in [9.17, 15) is 4.79 Å². The molecule has 2 N–H and O–H groups in total. The van der Waals surface area contributed by atoms with Crippen molar-refractivity contribution in [2.24, 2.45) is 11.7 Å². The molecule has 16 heavy (non-hydrogen) atoms. The maximum Gasteiger partial charge on any atom is 0.310 e. The van der Waals surface area contributed by atoms with Crippen molar-refractivity contribution in [3.63, 3.8) is 0 Å². The van der Waals surface area contributed by atoms with Crippen molar-refractivity contribution in [1.82, 2.24) is 0 Å². The van der Waals surface area contributed by atoms with Gasteiger partial charge in [-0.25, -0.2) is 0 Å². The molecule has 0 bridgehead atoms. The van der Waals surface area contributed by atoms with Crippen LogP contribution in [0.2, 0.25) is 10.0 Å². The van der Waals surface area contributed by atoms with Crippen molar-refractivity contribution in [2.75, 3.05) is 13.7 Å². The lowest BCUT2D eigenvalue weighted by atomic mass is 9.99. The maximum absolute atomic E-state index is 11.4. The summed E-state index contributed by atoms with van der Waals surface area (Å²) in [4.78, 5) is 11.4. The van der Waals surface area contributed by atoms with Crippen LogP contribution in [0, 0.1) is 5.92 Å². The Kier molecular flexibility index (Phi) is 5.06. The standard InChI is InChI=1S/C11H13Cl2NO2/c1-16-11(15)8(6-14)4-7-2-3-9(12)5-10(7)13/h2-3,5,8H,4,6,14H2,1H3/t8-/m1/s1. The van der Waals surface area contributed by atoms with E-state index >= 15 is 0 Å². The quantitative estimate of drug-likeness (QED) is 0.847. The summed E-state index contributed by atoms with van der Waals surface area (Å²) < 4.78 is 4.65. The van der Waals surface area contributed by atoms with Crippen LogP contribution in [0.1, 0.15) is 5.56 Å². The first-order valence-corrected chi connectivity index (χ1v) is 5.56. The number of carbonyl (C=O) groups is 1. The number of hydrogen-bond donors (Lipinski definition) is 1. The monoisotopic (exact) mass is 261 g/mol. The molecule has 88 valence electrons. The Hall–Kier alpha value is -0.770. The second kappa shape index (κ2) is 6.09. The Bertz CT molecular complexity index is 382. The third kappa shape index (κ3) is 3.37. The van der Waals surface area contributed by atoms with Gasteiger partial charge in [0.1, 0.15) is 0 Å². The smallest absolute Gasteiger partial charge is 0.310 e. The molecule has 0 aliphatic carbocycles. The van der Waals surface area contributed by atoms with Crippen molar-refractivity contribution in [3.8, 4) is 0 Å². The Balaban J connectivity index is 2.82. The molecule has 0 aliphatic rings.